The summed E-state index contributed by atoms with van der Waals surface area (Å²) < 4.78 is 12.5. The Morgan fingerprint density at radius 3 is 2.58 bits per heavy atom. The van der Waals surface area contributed by atoms with E-state index in [1.165, 1.54) is 6.20 Å². The van der Waals surface area contributed by atoms with E-state index in [1.807, 2.05) is 55.5 Å². The summed E-state index contributed by atoms with van der Waals surface area (Å²) in [6.45, 7) is 6.09. The van der Waals surface area contributed by atoms with Crippen LogP contribution in [0.1, 0.15) is 29.3 Å². The third-order valence-electron chi connectivity index (χ3n) is 7.19. The number of ether oxygens (including phenoxy) is 2. The van der Waals surface area contributed by atoms with Crippen molar-refractivity contribution in [3.05, 3.63) is 83.2 Å². The fourth-order valence-electron chi connectivity index (χ4n) is 5.17. The monoisotopic (exact) mass is 516 g/mol. The van der Waals surface area contributed by atoms with Crippen LogP contribution in [0.3, 0.4) is 0 Å². The summed E-state index contributed by atoms with van der Waals surface area (Å²) >= 11 is 0. The van der Waals surface area contributed by atoms with Crippen LogP contribution in [0.5, 0.6) is 5.75 Å². The molecule has 0 unspecified atom stereocenters. The third-order valence-corrected chi connectivity index (χ3v) is 7.19. The number of carbonyl (C=O) groups is 2. The number of aliphatic hydroxyl groups excluding tert-OH is 1. The Hall–Kier alpha value is -3.95. The average Bonchev–Trinajstić information content (AvgIpc) is 3.46. The molecule has 0 saturated carbocycles. The summed E-state index contributed by atoms with van der Waals surface area (Å²) in [5, 5.41) is 16.0. The Bertz CT molecular complexity index is 1340. The molecule has 2 aliphatic heterocycles. The topological polar surface area (TPSA) is 97.1 Å². The summed E-state index contributed by atoms with van der Waals surface area (Å²) in [5.41, 5.74) is 2.66. The van der Waals surface area contributed by atoms with Crippen molar-refractivity contribution in [2.45, 2.75) is 19.4 Å². The van der Waals surface area contributed by atoms with Crippen molar-refractivity contribution in [2.24, 2.45) is 0 Å². The molecule has 3 aromatic rings. The van der Waals surface area contributed by atoms with E-state index in [9.17, 15) is 14.7 Å². The predicted molar refractivity (Wildman–Crippen MR) is 142 cm³/mol. The molecule has 2 saturated heterocycles. The standard InChI is InChI=1S/C29H32N4O5/c1-20-24(19-30-33(20)22-9-4-3-5-10-22)27(34)25-26(21-8-6-11-23(18-21)37-2)32(29(36)28(25)35)13-7-12-31-14-16-38-17-15-31/h3-6,8-11,18-19,26,34H,7,12-17H2,1-2H3/b27-25+/t26-/m1/s1. The molecule has 0 radical (unpaired) electrons. The molecular formula is C29H32N4O5. The molecule has 9 nitrogen and oxygen atoms in total. The number of morpholine rings is 1. The van der Waals surface area contributed by atoms with Crippen molar-refractivity contribution in [1.82, 2.24) is 19.6 Å². The number of carbonyl (C=O) groups excluding carboxylic acids is 2. The number of likely N-dealkylation sites (tertiary alicyclic amines) is 1. The molecule has 2 fully saturated rings. The number of hydrogen-bond donors (Lipinski definition) is 1. The third kappa shape index (κ3) is 4.94. The maximum Gasteiger partial charge on any atom is 0.295 e. The van der Waals surface area contributed by atoms with Gasteiger partial charge in [-0.1, -0.05) is 30.3 Å². The molecule has 1 N–H and O–H groups in total. The lowest BCUT2D eigenvalue weighted by molar-refractivity contribution is -0.140. The van der Waals surface area contributed by atoms with E-state index in [4.69, 9.17) is 9.47 Å². The van der Waals surface area contributed by atoms with E-state index < -0.39 is 17.7 Å². The van der Waals surface area contributed by atoms with Gasteiger partial charge in [-0.3, -0.25) is 14.5 Å². The molecule has 2 aromatic carbocycles. The van der Waals surface area contributed by atoms with Crippen LogP contribution in [0.2, 0.25) is 0 Å². The number of ketones is 1. The van der Waals surface area contributed by atoms with Gasteiger partial charge in [0, 0.05) is 26.2 Å². The van der Waals surface area contributed by atoms with Gasteiger partial charge in [0.1, 0.15) is 11.5 Å². The quantitative estimate of drug-likeness (QED) is 0.279. The molecule has 9 heteroatoms. The molecular weight excluding hydrogens is 484 g/mol. The van der Waals surface area contributed by atoms with Gasteiger partial charge in [-0.2, -0.15) is 5.10 Å². The average molecular weight is 517 g/mol. The zero-order chi connectivity index (χ0) is 26.6. The highest BCUT2D eigenvalue weighted by Crippen LogP contribution is 2.40. The van der Waals surface area contributed by atoms with Crippen LogP contribution < -0.4 is 4.74 Å². The molecule has 5 rings (SSSR count). The van der Waals surface area contributed by atoms with Gasteiger partial charge in [0.25, 0.3) is 11.7 Å². The minimum atomic E-state index is -0.741. The summed E-state index contributed by atoms with van der Waals surface area (Å²) in [5.74, 6) is -0.941. The first-order valence-corrected chi connectivity index (χ1v) is 12.8. The SMILES string of the molecule is COc1cccc([C@@H]2/C(=C(\O)c3cnn(-c4ccccc4)c3C)C(=O)C(=O)N2CCCN2CCOCC2)c1. The summed E-state index contributed by atoms with van der Waals surface area (Å²) in [6, 6.07) is 16.1. The summed E-state index contributed by atoms with van der Waals surface area (Å²) in [4.78, 5) is 30.6. The normalized spacial score (nSPS) is 19.7. The number of benzene rings is 2. The Kier molecular flexibility index (Phi) is 7.57. The van der Waals surface area contributed by atoms with Gasteiger partial charge in [0.05, 0.1) is 55.1 Å². The van der Waals surface area contributed by atoms with Crippen molar-refractivity contribution in [1.29, 1.82) is 0 Å². The first-order valence-electron chi connectivity index (χ1n) is 12.8. The van der Waals surface area contributed by atoms with Crippen molar-refractivity contribution >= 4 is 17.4 Å². The smallest absolute Gasteiger partial charge is 0.295 e. The largest absolute Gasteiger partial charge is 0.507 e. The second-order valence-corrected chi connectivity index (χ2v) is 9.47. The Morgan fingerprint density at radius 1 is 1.08 bits per heavy atom. The highest BCUT2D eigenvalue weighted by molar-refractivity contribution is 6.46. The highest BCUT2D eigenvalue weighted by Gasteiger charge is 2.46. The molecule has 0 spiro atoms. The maximum absolute atomic E-state index is 13.4. The maximum atomic E-state index is 13.4. The first-order chi connectivity index (χ1) is 18.5. The van der Waals surface area contributed by atoms with Crippen LogP contribution in [0.15, 0.2) is 66.4 Å². The molecule has 0 bridgehead atoms. The number of methoxy groups -OCH3 is 1. The van der Waals surface area contributed by atoms with E-state index in [1.54, 1.807) is 22.8 Å². The molecule has 1 atom stereocenters. The van der Waals surface area contributed by atoms with E-state index >= 15 is 0 Å². The lowest BCUT2D eigenvalue weighted by atomic mass is 9.95. The Balaban J connectivity index is 1.52. The molecule has 1 aromatic heterocycles. The van der Waals surface area contributed by atoms with Gasteiger partial charge in [-0.05, 0) is 43.2 Å². The Labute approximate surface area is 221 Å². The zero-order valence-electron chi connectivity index (χ0n) is 21.7. The van der Waals surface area contributed by atoms with Gasteiger partial charge in [-0.15, -0.1) is 0 Å². The fraction of sp³-hybridized carbons (Fsp3) is 0.345. The minimum absolute atomic E-state index is 0.0605. The van der Waals surface area contributed by atoms with Gasteiger partial charge < -0.3 is 19.5 Å². The van der Waals surface area contributed by atoms with E-state index in [0.29, 0.717) is 48.7 Å². The van der Waals surface area contributed by atoms with Crippen molar-refractivity contribution in [3.63, 3.8) is 0 Å². The van der Waals surface area contributed by atoms with Crippen molar-refractivity contribution in [3.8, 4) is 11.4 Å². The van der Waals surface area contributed by atoms with Crippen LogP contribution in [-0.2, 0) is 14.3 Å². The van der Waals surface area contributed by atoms with Crippen LogP contribution in [0, 0.1) is 6.92 Å². The zero-order valence-corrected chi connectivity index (χ0v) is 21.7. The van der Waals surface area contributed by atoms with E-state index in [2.05, 4.69) is 10.00 Å². The highest BCUT2D eigenvalue weighted by atomic mass is 16.5. The van der Waals surface area contributed by atoms with Crippen molar-refractivity contribution in [2.75, 3.05) is 46.5 Å². The van der Waals surface area contributed by atoms with Gasteiger partial charge >= 0.3 is 0 Å². The van der Waals surface area contributed by atoms with E-state index in [-0.39, 0.29) is 11.3 Å². The number of para-hydroxylation sites is 1. The number of aromatic nitrogens is 2. The molecule has 1 amide bonds. The van der Waals surface area contributed by atoms with Gasteiger partial charge in [-0.25, -0.2) is 4.68 Å². The number of hydrogen-bond acceptors (Lipinski definition) is 7. The number of nitrogens with zero attached hydrogens (tertiary/aromatic N) is 4. The molecule has 2 aliphatic rings. The van der Waals surface area contributed by atoms with Gasteiger partial charge in [0.15, 0.2) is 0 Å². The number of rotatable bonds is 8. The predicted octanol–water partition coefficient (Wildman–Crippen LogP) is 3.33. The molecule has 38 heavy (non-hydrogen) atoms. The van der Waals surface area contributed by atoms with Crippen molar-refractivity contribution < 1.29 is 24.2 Å². The van der Waals surface area contributed by atoms with Crippen LogP contribution >= 0.6 is 0 Å². The van der Waals surface area contributed by atoms with Crippen LogP contribution in [0.25, 0.3) is 11.4 Å². The molecule has 198 valence electrons. The molecule has 0 aliphatic carbocycles. The Morgan fingerprint density at radius 2 is 1.84 bits per heavy atom. The summed E-state index contributed by atoms with van der Waals surface area (Å²) in [7, 11) is 1.57. The number of Topliss-reactive ketones (excluding diaryl/α,β-unsaturated/α-hetero) is 1. The van der Waals surface area contributed by atoms with E-state index in [0.717, 1.165) is 25.3 Å². The second-order valence-electron chi connectivity index (χ2n) is 9.47. The lowest BCUT2D eigenvalue weighted by Crippen LogP contribution is -2.38. The second kappa shape index (κ2) is 11.2. The van der Waals surface area contributed by atoms with Crippen LogP contribution in [0.4, 0.5) is 0 Å². The number of amides is 1. The molecule has 3 heterocycles. The van der Waals surface area contributed by atoms with Gasteiger partial charge in [0.2, 0.25) is 0 Å². The minimum Gasteiger partial charge on any atom is -0.507 e. The first kappa shape index (κ1) is 25.7. The summed E-state index contributed by atoms with van der Waals surface area (Å²) in [6.07, 6.45) is 2.23. The fourth-order valence-corrected chi connectivity index (χ4v) is 5.17. The number of aliphatic hydroxyl groups is 1. The lowest BCUT2D eigenvalue weighted by Gasteiger charge is -2.29. The van der Waals surface area contributed by atoms with Crippen LogP contribution in [-0.4, -0.2) is 82.9 Å².